The molecule has 0 aromatic carbocycles. The fraction of sp³-hybridized carbons (Fsp3) is 0.962. The quantitative estimate of drug-likeness (QED) is 0.164. The Hall–Kier alpha value is -0.650. The van der Waals surface area contributed by atoms with Crippen LogP contribution in [0.2, 0.25) is 0 Å². The summed E-state index contributed by atoms with van der Waals surface area (Å²) < 4.78 is 0. The third kappa shape index (κ3) is 37.0. The van der Waals surface area contributed by atoms with Gasteiger partial charge in [0, 0.05) is 6.42 Å². The van der Waals surface area contributed by atoms with Crippen LogP contribution in [0.25, 0.3) is 0 Å². The van der Waals surface area contributed by atoms with E-state index in [0.717, 1.165) is 45.4 Å². The maximum atomic E-state index is 10.3. The molecular weight excluding hydrogens is 386 g/mol. The van der Waals surface area contributed by atoms with Crippen LogP contribution in [0.15, 0.2) is 0 Å². The van der Waals surface area contributed by atoms with Crippen molar-refractivity contribution in [3.05, 3.63) is 0 Å². The maximum absolute atomic E-state index is 10.3. The Morgan fingerprint density at radius 1 is 0.710 bits per heavy atom. The monoisotopic (exact) mass is 443 g/mol. The van der Waals surface area contributed by atoms with Crippen molar-refractivity contribution in [1.82, 2.24) is 10.2 Å². The molecule has 0 bridgehead atoms. The zero-order valence-electron chi connectivity index (χ0n) is 21.4. The lowest BCUT2D eigenvalue weighted by molar-refractivity contribution is -0.137. The van der Waals surface area contributed by atoms with Crippen molar-refractivity contribution in [2.24, 2.45) is 5.73 Å². The predicted octanol–water partition coefficient (Wildman–Crippen LogP) is 6.21. The molecule has 0 radical (unpaired) electrons. The minimum absolute atomic E-state index is 0.345. The van der Waals surface area contributed by atoms with E-state index in [-0.39, 0.29) is 0 Å². The second kappa shape index (κ2) is 29.4. The molecule has 31 heavy (non-hydrogen) atoms. The van der Waals surface area contributed by atoms with Gasteiger partial charge in [-0.2, -0.15) is 0 Å². The Morgan fingerprint density at radius 3 is 1.52 bits per heavy atom. The number of rotatable bonds is 23. The van der Waals surface area contributed by atoms with Gasteiger partial charge in [0.15, 0.2) is 0 Å². The minimum Gasteiger partial charge on any atom is -0.481 e. The van der Waals surface area contributed by atoms with E-state index < -0.39 is 5.97 Å². The molecule has 0 unspecified atom stereocenters. The topological polar surface area (TPSA) is 78.6 Å². The number of hydrogen-bond donors (Lipinski definition) is 3. The summed E-state index contributed by atoms with van der Waals surface area (Å²) in [5.41, 5.74) is 5.34. The summed E-state index contributed by atoms with van der Waals surface area (Å²) in [4.78, 5) is 12.5. The highest BCUT2D eigenvalue weighted by atomic mass is 16.4. The summed E-state index contributed by atoms with van der Waals surface area (Å²) >= 11 is 0. The van der Waals surface area contributed by atoms with Gasteiger partial charge in [0.2, 0.25) is 0 Å². The summed E-state index contributed by atoms with van der Waals surface area (Å²) in [6.45, 7) is 6.39. The first kappa shape index (κ1) is 32.5. The molecule has 0 amide bonds. The minimum atomic E-state index is -0.653. The fourth-order valence-corrected chi connectivity index (χ4v) is 3.52. The number of nitrogens with two attached hydrogens (primary N) is 1. The third-order valence-corrected chi connectivity index (χ3v) is 5.51. The summed E-state index contributed by atoms with van der Waals surface area (Å²) in [6.07, 6.45) is 22.5. The predicted molar refractivity (Wildman–Crippen MR) is 137 cm³/mol. The van der Waals surface area contributed by atoms with Crippen molar-refractivity contribution in [1.29, 1.82) is 0 Å². The second-order valence-corrected chi connectivity index (χ2v) is 9.14. The van der Waals surface area contributed by atoms with Crippen LogP contribution >= 0.6 is 0 Å². The molecule has 188 valence electrons. The third-order valence-electron chi connectivity index (χ3n) is 5.51. The highest BCUT2D eigenvalue weighted by Crippen LogP contribution is 2.13. The normalized spacial score (nSPS) is 10.9. The number of nitrogens with zero attached hydrogens (tertiary/aromatic N) is 1. The molecule has 0 aromatic rings. The second-order valence-electron chi connectivity index (χ2n) is 9.14. The zero-order valence-corrected chi connectivity index (χ0v) is 21.4. The molecule has 0 aromatic heterocycles. The molecule has 5 heteroatoms. The van der Waals surface area contributed by atoms with E-state index in [1.165, 1.54) is 89.9 Å². The number of hydrogen-bond acceptors (Lipinski definition) is 4. The van der Waals surface area contributed by atoms with Crippen molar-refractivity contribution in [3.8, 4) is 0 Å². The van der Waals surface area contributed by atoms with E-state index in [0.29, 0.717) is 6.42 Å². The van der Waals surface area contributed by atoms with Gasteiger partial charge in [-0.25, -0.2) is 0 Å². The van der Waals surface area contributed by atoms with E-state index in [2.05, 4.69) is 31.2 Å². The van der Waals surface area contributed by atoms with E-state index >= 15 is 0 Å². The van der Waals surface area contributed by atoms with Crippen LogP contribution in [0.5, 0.6) is 0 Å². The Kier molecular flexibility index (Phi) is 30.8. The van der Waals surface area contributed by atoms with Crippen LogP contribution in [0.3, 0.4) is 0 Å². The molecule has 0 aliphatic rings. The Morgan fingerprint density at radius 2 is 1.13 bits per heavy atom. The first-order valence-electron chi connectivity index (χ1n) is 13.3. The Labute approximate surface area is 194 Å². The Bertz CT molecular complexity index is 339. The average molecular weight is 444 g/mol. The van der Waals surface area contributed by atoms with E-state index in [1.807, 2.05) is 0 Å². The van der Waals surface area contributed by atoms with Crippen LogP contribution in [-0.4, -0.2) is 56.3 Å². The van der Waals surface area contributed by atoms with Crippen molar-refractivity contribution < 1.29 is 9.90 Å². The average Bonchev–Trinajstić information content (AvgIpc) is 2.73. The van der Waals surface area contributed by atoms with Crippen molar-refractivity contribution in [2.75, 3.05) is 40.3 Å². The molecule has 0 spiro atoms. The number of unbranched alkanes of at least 4 members (excludes halogenated alkanes) is 14. The lowest BCUT2D eigenvalue weighted by atomic mass is 10.0. The molecule has 0 fully saturated rings. The zero-order chi connectivity index (χ0) is 23.4. The van der Waals surface area contributed by atoms with E-state index in [9.17, 15) is 4.79 Å². The number of carbonyl (C=O) groups is 1. The van der Waals surface area contributed by atoms with Gasteiger partial charge in [-0.15, -0.1) is 0 Å². The van der Waals surface area contributed by atoms with Crippen LogP contribution in [-0.2, 0) is 4.79 Å². The van der Waals surface area contributed by atoms with Gasteiger partial charge in [-0.05, 0) is 59.5 Å². The van der Waals surface area contributed by atoms with Crippen molar-refractivity contribution >= 4 is 5.97 Å². The Balaban J connectivity index is 0. The van der Waals surface area contributed by atoms with Gasteiger partial charge >= 0.3 is 5.97 Å². The van der Waals surface area contributed by atoms with Gasteiger partial charge in [-0.3, -0.25) is 4.79 Å². The smallest absolute Gasteiger partial charge is 0.303 e. The molecule has 0 rings (SSSR count). The van der Waals surface area contributed by atoms with Gasteiger partial charge in [-0.1, -0.05) is 96.8 Å². The van der Waals surface area contributed by atoms with Crippen LogP contribution in [0.4, 0.5) is 0 Å². The summed E-state index contributed by atoms with van der Waals surface area (Å²) in [5.74, 6) is -0.653. The molecule has 0 aliphatic heterocycles. The van der Waals surface area contributed by atoms with Crippen molar-refractivity contribution in [2.45, 2.75) is 122 Å². The lowest BCUT2D eigenvalue weighted by Crippen LogP contribution is -2.23. The fourth-order valence-electron chi connectivity index (χ4n) is 3.52. The highest BCUT2D eigenvalue weighted by molar-refractivity contribution is 5.66. The first-order chi connectivity index (χ1) is 15.0. The molecule has 0 atom stereocenters. The number of aliphatic carboxylic acids is 1. The standard InChI is InChI=1S/C18H36O2.C8H21N3/c1-2-3-4-5-6-7-8-9-10-11-12-13-14-15-16-17-18(19)20;1-11(2)8-4-7-10-6-3-5-9/h2-17H2,1H3,(H,19,20);10H,3-9H2,1-2H3. The maximum Gasteiger partial charge on any atom is 0.303 e. The number of carboxylic acids is 1. The van der Waals surface area contributed by atoms with Crippen LogP contribution in [0.1, 0.15) is 122 Å². The molecule has 0 aliphatic carbocycles. The number of nitrogens with one attached hydrogen (secondary N) is 1. The summed E-state index contributed by atoms with van der Waals surface area (Å²) in [7, 11) is 4.19. The number of carboxylic acid groups (broad SMARTS) is 1. The SMILES string of the molecule is CCCCCCCCCCCCCCCCCC(=O)O.CN(C)CCCNCCCN. The molecule has 0 saturated heterocycles. The first-order valence-corrected chi connectivity index (χ1v) is 13.3. The van der Waals surface area contributed by atoms with E-state index in [1.54, 1.807) is 0 Å². The summed E-state index contributed by atoms with van der Waals surface area (Å²) in [6, 6.07) is 0. The summed E-state index contributed by atoms with van der Waals surface area (Å²) in [5, 5.41) is 11.9. The molecule has 0 heterocycles. The van der Waals surface area contributed by atoms with Gasteiger partial charge in [0.1, 0.15) is 0 Å². The van der Waals surface area contributed by atoms with Gasteiger partial charge < -0.3 is 21.1 Å². The van der Waals surface area contributed by atoms with Gasteiger partial charge in [0.05, 0.1) is 0 Å². The van der Waals surface area contributed by atoms with Crippen LogP contribution < -0.4 is 11.1 Å². The lowest BCUT2D eigenvalue weighted by Gasteiger charge is -2.09. The molecule has 5 nitrogen and oxygen atoms in total. The highest BCUT2D eigenvalue weighted by Gasteiger charge is 1.97. The van der Waals surface area contributed by atoms with Crippen LogP contribution in [0, 0.1) is 0 Å². The molecular formula is C26H57N3O2. The van der Waals surface area contributed by atoms with E-state index in [4.69, 9.17) is 10.8 Å². The molecule has 0 saturated carbocycles. The van der Waals surface area contributed by atoms with Crippen molar-refractivity contribution in [3.63, 3.8) is 0 Å². The van der Waals surface area contributed by atoms with Gasteiger partial charge in [0.25, 0.3) is 0 Å². The molecule has 4 N–H and O–H groups in total. The largest absolute Gasteiger partial charge is 0.481 e.